The van der Waals surface area contributed by atoms with Gasteiger partial charge in [0.25, 0.3) is 0 Å². The van der Waals surface area contributed by atoms with Gasteiger partial charge in [-0.15, -0.1) is 0 Å². The summed E-state index contributed by atoms with van der Waals surface area (Å²) in [4.78, 5) is 0. The predicted molar refractivity (Wildman–Crippen MR) is 125 cm³/mol. The molecule has 1 aliphatic rings. The Morgan fingerprint density at radius 1 is 0.781 bits per heavy atom. The largest absolute Gasteiger partial charge is 0.457 e. The van der Waals surface area contributed by atoms with E-state index in [1.807, 2.05) is 60.7 Å². The molecule has 0 bridgehead atoms. The fourth-order valence-corrected chi connectivity index (χ4v) is 5.38. The molecule has 168 valence electrons. The van der Waals surface area contributed by atoms with Crippen molar-refractivity contribution >= 4 is 10.0 Å². The van der Waals surface area contributed by atoms with Gasteiger partial charge in [-0.25, -0.2) is 13.1 Å². The van der Waals surface area contributed by atoms with Crippen molar-refractivity contribution in [1.29, 1.82) is 0 Å². The van der Waals surface area contributed by atoms with Crippen molar-refractivity contribution in [3.63, 3.8) is 0 Å². The first-order valence-electron chi connectivity index (χ1n) is 10.8. The molecule has 2 atom stereocenters. The van der Waals surface area contributed by atoms with Crippen LogP contribution in [-0.2, 0) is 15.8 Å². The first kappa shape index (κ1) is 22.3. The average Bonchev–Trinajstić information content (AvgIpc) is 2.79. The normalized spacial score (nSPS) is 18.8. The highest BCUT2D eigenvalue weighted by atomic mass is 32.2. The summed E-state index contributed by atoms with van der Waals surface area (Å²) in [6.07, 6.45) is 3.57. The van der Waals surface area contributed by atoms with Crippen molar-refractivity contribution in [3.05, 3.63) is 84.4 Å². The maximum absolute atomic E-state index is 13.1. The van der Waals surface area contributed by atoms with E-state index in [0.29, 0.717) is 28.6 Å². The van der Waals surface area contributed by atoms with Crippen molar-refractivity contribution in [2.75, 3.05) is 0 Å². The van der Waals surface area contributed by atoms with Gasteiger partial charge >= 0.3 is 0 Å². The Labute approximate surface area is 189 Å². The molecule has 3 aromatic rings. The van der Waals surface area contributed by atoms with E-state index in [-0.39, 0.29) is 17.8 Å². The lowest BCUT2D eigenvalue weighted by Gasteiger charge is -2.29. The van der Waals surface area contributed by atoms with Gasteiger partial charge in [-0.1, -0.05) is 55.3 Å². The summed E-state index contributed by atoms with van der Waals surface area (Å²) >= 11 is 0. The van der Waals surface area contributed by atoms with Crippen LogP contribution >= 0.6 is 0 Å². The highest BCUT2D eigenvalue weighted by Crippen LogP contribution is 2.36. The van der Waals surface area contributed by atoms with Crippen LogP contribution in [0.5, 0.6) is 23.0 Å². The fourth-order valence-electron chi connectivity index (χ4n) is 3.88. The minimum absolute atomic E-state index is 0.172. The van der Waals surface area contributed by atoms with Gasteiger partial charge in [0.2, 0.25) is 10.0 Å². The lowest BCUT2D eigenvalue weighted by Crippen LogP contribution is -2.49. The summed E-state index contributed by atoms with van der Waals surface area (Å²) in [7, 11) is -3.69. The molecule has 0 saturated heterocycles. The maximum Gasteiger partial charge on any atom is 0.216 e. The molecule has 32 heavy (non-hydrogen) atoms. The second-order valence-electron chi connectivity index (χ2n) is 7.99. The van der Waals surface area contributed by atoms with Crippen LogP contribution < -0.4 is 19.9 Å². The number of hydrogen-bond acceptors (Lipinski definition) is 5. The molecule has 2 unspecified atom stereocenters. The van der Waals surface area contributed by atoms with E-state index in [4.69, 9.17) is 15.2 Å². The number of hydrogen-bond donors (Lipinski definition) is 2. The molecule has 3 N–H and O–H groups in total. The van der Waals surface area contributed by atoms with E-state index in [0.717, 1.165) is 25.7 Å². The molecule has 0 heterocycles. The van der Waals surface area contributed by atoms with Gasteiger partial charge in [0, 0.05) is 12.1 Å². The van der Waals surface area contributed by atoms with Gasteiger partial charge < -0.3 is 15.2 Å². The van der Waals surface area contributed by atoms with Gasteiger partial charge in [0.1, 0.15) is 23.0 Å². The molecule has 0 amide bonds. The zero-order valence-corrected chi connectivity index (χ0v) is 18.6. The molecule has 0 aromatic heterocycles. The third kappa shape index (κ3) is 5.88. The zero-order valence-electron chi connectivity index (χ0n) is 17.8. The molecular weight excluding hydrogens is 424 g/mol. The van der Waals surface area contributed by atoms with Crippen molar-refractivity contribution in [3.8, 4) is 23.0 Å². The summed E-state index contributed by atoms with van der Waals surface area (Å²) in [6, 6.07) is 23.4. The van der Waals surface area contributed by atoms with E-state index >= 15 is 0 Å². The Hall–Kier alpha value is -2.87. The SMILES string of the molecule is NC1CCCCC1NS(=O)(=O)Cc1c(Oc2ccccc2)cccc1Oc1ccccc1. The molecule has 1 aliphatic carbocycles. The summed E-state index contributed by atoms with van der Waals surface area (Å²) in [6.45, 7) is 0. The van der Waals surface area contributed by atoms with E-state index in [9.17, 15) is 8.42 Å². The summed E-state index contributed by atoms with van der Waals surface area (Å²) in [5.41, 5.74) is 6.62. The van der Waals surface area contributed by atoms with E-state index in [1.54, 1.807) is 18.2 Å². The number of nitrogens with two attached hydrogens (primary N) is 1. The molecular formula is C25H28N2O4S. The van der Waals surface area contributed by atoms with Crippen molar-refractivity contribution in [1.82, 2.24) is 4.72 Å². The number of ether oxygens (including phenoxy) is 2. The third-order valence-electron chi connectivity index (χ3n) is 5.52. The van der Waals surface area contributed by atoms with Gasteiger partial charge in [-0.3, -0.25) is 0 Å². The molecule has 1 saturated carbocycles. The van der Waals surface area contributed by atoms with Crippen molar-refractivity contribution in [2.24, 2.45) is 5.73 Å². The highest BCUT2D eigenvalue weighted by molar-refractivity contribution is 7.88. The number of benzene rings is 3. The third-order valence-corrected chi connectivity index (χ3v) is 6.85. The summed E-state index contributed by atoms with van der Waals surface area (Å²) in [5, 5.41) is 0. The van der Waals surface area contributed by atoms with E-state index in [1.165, 1.54) is 0 Å². The van der Waals surface area contributed by atoms with Crippen LogP contribution in [0.25, 0.3) is 0 Å². The highest BCUT2D eigenvalue weighted by Gasteiger charge is 2.28. The number of para-hydroxylation sites is 2. The molecule has 0 aliphatic heterocycles. The quantitative estimate of drug-likeness (QED) is 0.504. The van der Waals surface area contributed by atoms with Crippen LogP contribution in [-0.4, -0.2) is 20.5 Å². The van der Waals surface area contributed by atoms with Gasteiger partial charge in [0.05, 0.1) is 11.3 Å². The predicted octanol–water partition coefficient (Wildman–Crippen LogP) is 4.96. The van der Waals surface area contributed by atoms with Gasteiger partial charge in [-0.2, -0.15) is 0 Å². The molecule has 1 fully saturated rings. The molecule has 0 spiro atoms. The Balaban J connectivity index is 1.65. The zero-order chi connectivity index (χ0) is 22.4. The minimum atomic E-state index is -3.69. The Morgan fingerprint density at radius 3 is 1.84 bits per heavy atom. The maximum atomic E-state index is 13.1. The smallest absolute Gasteiger partial charge is 0.216 e. The summed E-state index contributed by atoms with van der Waals surface area (Å²) in [5.74, 6) is 1.82. The van der Waals surface area contributed by atoms with E-state index in [2.05, 4.69) is 4.72 Å². The number of nitrogens with one attached hydrogen (secondary N) is 1. The Kier molecular flexibility index (Phi) is 7.09. The fraction of sp³-hybridized carbons (Fsp3) is 0.280. The molecule has 0 radical (unpaired) electrons. The first-order chi connectivity index (χ1) is 15.5. The van der Waals surface area contributed by atoms with Gasteiger partial charge in [0.15, 0.2) is 0 Å². The standard InChI is InChI=1S/C25H28N2O4S/c26-22-14-7-8-15-23(22)27-32(28,29)18-21-24(30-19-10-3-1-4-11-19)16-9-17-25(21)31-20-12-5-2-6-13-20/h1-6,9-13,16-17,22-23,27H,7-8,14-15,18,26H2. The minimum Gasteiger partial charge on any atom is -0.457 e. The van der Waals surface area contributed by atoms with Crippen molar-refractivity contribution in [2.45, 2.75) is 43.5 Å². The molecule has 7 heteroatoms. The second kappa shape index (κ2) is 10.2. The van der Waals surface area contributed by atoms with Crippen molar-refractivity contribution < 1.29 is 17.9 Å². The first-order valence-corrected chi connectivity index (χ1v) is 12.5. The lowest BCUT2D eigenvalue weighted by molar-refractivity contribution is 0.361. The van der Waals surface area contributed by atoms with Crippen LogP contribution in [0.2, 0.25) is 0 Å². The number of rotatable bonds is 8. The molecule has 6 nitrogen and oxygen atoms in total. The summed E-state index contributed by atoms with van der Waals surface area (Å²) < 4.78 is 41.2. The Bertz CT molecular complexity index is 1060. The van der Waals surface area contributed by atoms with Crippen LogP contribution in [0, 0.1) is 0 Å². The Morgan fingerprint density at radius 2 is 1.31 bits per heavy atom. The van der Waals surface area contributed by atoms with Crippen LogP contribution in [0.4, 0.5) is 0 Å². The van der Waals surface area contributed by atoms with E-state index < -0.39 is 10.0 Å². The number of sulfonamides is 1. The molecule has 3 aromatic carbocycles. The van der Waals surface area contributed by atoms with Crippen LogP contribution in [0.15, 0.2) is 78.9 Å². The van der Waals surface area contributed by atoms with Gasteiger partial charge in [-0.05, 0) is 49.2 Å². The molecule has 4 rings (SSSR count). The average molecular weight is 453 g/mol. The lowest BCUT2D eigenvalue weighted by atomic mass is 9.92. The van der Waals surface area contributed by atoms with Crippen LogP contribution in [0.3, 0.4) is 0 Å². The monoisotopic (exact) mass is 452 g/mol. The van der Waals surface area contributed by atoms with Crippen LogP contribution in [0.1, 0.15) is 31.2 Å². The topological polar surface area (TPSA) is 90.7 Å². The second-order valence-corrected chi connectivity index (χ2v) is 9.75.